The van der Waals surface area contributed by atoms with Gasteiger partial charge in [0.25, 0.3) is 0 Å². The van der Waals surface area contributed by atoms with Gasteiger partial charge < -0.3 is 0 Å². The SMILES string of the molecule is CCCCCC(Cc1c(Br)c(CC)nn1CC)NN. The number of aromatic nitrogens is 2. The van der Waals surface area contributed by atoms with Crippen molar-refractivity contribution in [1.29, 1.82) is 0 Å². The second kappa shape index (κ2) is 8.72. The molecular weight excluding hydrogens is 304 g/mol. The molecule has 0 amide bonds. The van der Waals surface area contributed by atoms with E-state index in [1.807, 2.05) is 0 Å². The van der Waals surface area contributed by atoms with E-state index in [2.05, 4.69) is 51.9 Å². The van der Waals surface area contributed by atoms with E-state index in [-0.39, 0.29) is 0 Å². The van der Waals surface area contributed by atoms with Crippen molar-refractivity contribution in [2.75, 3.05) is 0 Å². The molecule has 0 fully saturated rings. The van der Waals surface area contributed by atoms with Crippen molar-refractivity contribution in [3.8, 4) is 0 Å². The first-order valence-electron chi connectivity index (χ1n) is 7.37. The fourth-order valence-electron chi connectivity index (χ4n) is 2.33. The summed E-state index contributed by atoms with van der Waals surface area (Å²) in [7, 11) is 0. The molecular formula is C14H27BrN4. The molecule has 1 atom stereocenters. The molecule has 1 unspecified atom stereocenters. The first-order chi connectivity index (χ1) is 9.17. The quantitative estimate of drug-likeness (QED) is 0.415. The summed E-state index contributed by atoms with van der Waals surface area (Å²) in [6.07, 6.45) is 6.75. The summed E-state index contributed by atoms with van der Waals surface area (Å²) in [5.41, 5.74) is 5.36. The van der Waals surface area contributed by atoms with Crippen LogP contribution in [0.3, 0.4) is 0 Å². The number of aryl methyl sites for hydroxylation is 2. The second-order valence-electron chi connectivity index (χ2n) is 4.94. The average Bonchev–Trinajstić information content (AvgIpc) is 2.74. The number of halogens is 1. The van der Waals surface area contributed by atoms with Crippen LogP contribution in [0.1, 0.15) is 57.8 Å². The van der Waals surface area contributed by atoms with Crippen molar-refractivity contribution in [1.82, 2.24) is 15.2 Å². The van der Waals surface area contributed by atoms with Gasteiger partial charge >= 0.3 is 0 Å². The fourth-order valence-corrected chi connectivity index (χ4v) is 3.06. The molecule has 1 aromatic rings. The molecule has 4 nitrogen and oxygen atoms in total. The zero-order valence-corrected chi connectivity index (χ0v) is 14.0. The summed E-state index contributed by atoms with van der Waals surface area (Å²) >= 11 is 3.69. The van der Waals surface area contributed by atoms with Gasteiger partial charge in [-0.1, -0.05) is 33.1 Å². The third-order valence-corrected chi connectivity index (χ3v) is 4.44. The Morgan fingerprint density at radius 1 is 1.32 bits per heavy atom. The lowest BCUT2D eigenvalue weighted by molar-refractivity contribution is 0.451. The number of nitrogens with one attached hydrogen (secondary N) is 1. The van der Waals surface area contributed by atoms with Gasteiger partial charge in [0.05, 0.1) is 15.9 Å². The molecule has 0 saturated heterocycles. The number of nitrogens with two attached hydrogens (primary N) is 1. The second-order valence-corrected chi connectivity index (χ2v) is 5.73. The molecule has 19 heavy (non-hydrogen) atoms. The van der Waals surface area contributed by atoms with Crippen LogP contribution in [0.15, 0.2) is 4.47 Å². The van der Waals surface area contributed by atoms with E-state index in [9.17, 15) is 0 Å². The Balaban J connectivity index is 2.75. The first-order valence-corrected chi connectivity index (χ1v) is 8.17. The number of unbranched alkanes of at least 4 members (excludes halogenated alkanes) is 2. The van der Waals surface area contributed by atoms with Gasteiger partial charge in [-0.05, 0) is 35.7 Å². The molecule has 0 bridgehead atoms. The lowest BCUT2D eigenvalue weighted by atomic mass is 10.0. The standard InChI is InChI=1S/C14H27BrN4/c1-4-7-8-9-11(17-16)10-13-14(15)12(5-2)18-19(13)6-3/h11,17H,4-10,16H2,1-3H3. The van der Waals surface area contributed by atoms with Gasteiger partial charge in [-0.15, -0.1) is 0 Å². The monoisotopic (exact) mass is 330 g/mol. The highest BCUT2D eigenvalue weighted by Crippen LogP contribution is 2.24. The maximum Gasteiger partial charge on any atom is 0.0766 e. The Hall–Kier alpha value is -0.390. The summed E-state index contributed by atoms with van der Waals surface area (Å²) in [6, 6.07) is 0.328. The molecule has 1 rings (SSSR count). The van der Waals surface area contributed by atoms with Crippen LogP contribution in [0.2, 0.25) is 0 Å². The van der Waals surface area contributed by atoms with Crippen molar-refractivity contribution in [3.63, 3.8) is 0 Å². The minimum atomic E-state index is 0.328. The van der Waals surface area contributed by atoms with E-state index in [4.69, 9.17) is 5.84 Å². The highest BCUT2D eigenvalue weighted by Gasteiger charge is 2.17. The van der Waals surface area contributed by atoms with Crippen molar-refractivity contribution in [2.45, 2.75) is 71.9 Å². The van der Waals surface area contributed by atoms with E-state index < -0.39 is 0 Å². The summed E-state index contributed by atoms with van der Waals surface area (Å²) < 4.78 is 3.25. The minimum absolute atomic E-state index is 0.328. The molecule has 0 saturated carbocycles. The highest BCUT2D eigenvalue weighted by atomic mass is 79.9. The molecule has 1 heterocycles. The van der Waals surface area contributed by atoms with Crippen LogP contribution in [0.4, 0.5) is 0 Å². The normalized spacial score (nSPS) is 12.9. The first kappa shape index (κ1) is 16.7. The van der Waals surface area contributed by atoms with Crippen molar-refractivity contribution in [2.24, 2.45) is 5.84 Å². The van der Waals surface area contributed by atoms with Crippen LogP contribution in [-0.2, 0) is 19.4 Å². The molecule has 3 N–H and O–H groups in total. The Labute approximate surface area is 125 Å². The summed E-state index contributed by atoms with van der Waals surface area (Å²) in [5.74, 6) is 5.69. The Morgan fingerprint density at radius 3 is 2.58 bits per heavy atom. The number of nitrogens with zero attached hydrogens (tertiary/aromatic N) is 2. The van der Waals surface area contributed by atoms with Crippen LogP contribution in [-0.4, -0.2) is 15.8 Å². The summed E-state index contributed by atoms with van der Waals surface area (Å²) in [4.78, 5) is 0. The Morgan fingerprint density at radius 2 is 2.05 bits per heavy atom. The molecule has 0 aliphatic carbocycles. The number of hydrogen-bond donors (Lipinski definition) is 2. The van der Waals surface area contributed by atoms with E-state index in [0.29, 0.717) is 6.04 Å². The van der Waals surface area contributed by atoms with E-state index in [1.165, 1.54) is 25.0 Å². The van der Waals surface area contributed by atoms with Crippen molar-refractivity contribution >= 4 is 15.9 Å². The molecule has 0 aliphatic heterocycles. The van der Waals surface area contributed by atoms with Crippen LogP contribution in [0.25, 0.3) is 0 Å². The third-order valence-electron chi connectivity index (χ3n) is 3.53. The smallest absolute Gasteiger partial charge is 0.0766 e. The molecule has 5 heteroatoms. The van der Waals surface area contributed by atoms with E-state index >= 15 is 0 Å². The summed E-state index contributed by atoms with van der Waals surface area (Å²) in [6.45, 7) is 7.39. The van der Waals surface area contributed by atoms with Gasteiger partial charge in [0.2, 0.25) is 0 Å². The zero-order valence-electron chi connectivity index (χ0n) is 12.4. The molecule has 1 aromatic heterocycles. The fraction of sp³-hybridized carbons (Fsp3) is 0.786. The average molecular weight is 331 g/mol. The predicted molar refractivity (Wildman–Crippen MR) is 83.9 cm³/mol. The maximum atomic E-state index is 5.69. The highest BCUT2D eigenvalue weighted by molar-refractivity contribution is 9.10. The van der Waals surface area contributed by atoms with Gasteiger partial charge in [0.1, 0.15) is 0 Å². The largest absolute Gasteiger partial charge is 0.271 e. The van der Waals surface area contributed by atoms with Crippen molar-refractivity contribution < 1.29 is 0 Å². The van der Waals surface area contributed by atoms with E-state index in [1.54, 1.807) is 0 Å². The van der Waals surface area contributed by atoms with E-state index in [0.717, 1.165) is 36.0 Å². The van der Waals surface area contributed by atoms with Crippen LogP contribution < -0.4 is 11.3 Å². The van der Waals surface area contributed by atoms with Crippen LogP contribution in [0.5, 0.6) is 0 Å². The Kier molecular flexibility index (Phi) is 7.64. The van der Waals surface area contributed by atoms with Gasteiger partial charge in [0.15, 0.2) is 0 Å². The molecule has 0 aromatic carbocycles. The zero-order chi connectivity index (χ0) is 14.3. The van der Waals surface area contributed by atoms with Gasteiger partial charge in [0, 0.05) is 19.0 Å². The molecule has 0 aliphatic rings. The Bertz CT molecular complexity index is 376. The molecule has 110 valence electrons. The van der Waals surface area contributed by atoms with Crippen molar-refractivity contribution in [3.05, 3.63) is 15.9 Å². The molecule has 0 spiro atoms. The van der Waals surface area contributed by atoms with Crippen LogP contribution in [0, 0.1) is 0 Å². The van der Waals surface area contributed by atoms with Crippen LogP contribution >= 0.6 is 15.9 Å². The third kappa shape index (κ3) is 4.58. The maximum absolute atomic E-state index is 5.69. The van der Waals surface area contributed by atoms with Gasteiger partial charge in [-0.3, -0.25) is 16.0 Å². The minimum Gasteiger partial charge on any atom is -0.271 e. The lowest BCUT2D eigenvalue weighted by Crippen LogP contribution is -2.37. The number of rotatable bonds is 9. The number of hydrazine groups is 1. The van der Waals surface area contributed by atoms with Gasteiger partial charge in [-0.25, -0.2) is 0 Å². The van der Waals surface area contributed by atoms with Gasteiger partial charge in [-0.2, -0.15) is 5.10 Å². The molecule has 0 radical (unpaired) electrons. The lowest BCUT2D eigenvalue weighted by Gasteiger charge is -2.16. The topological polar surface area (TPSA) is 55.9 Å². The summed E-state index contributed by atoms with van der Waals surface area (Å²) in [5, 5.41) is 4.63. The number of hydrogen-bond acceptors (Lipinski definition) is 3. The predicted octanol–water partition coefficient (Wildman–Crippen LogP) is 3.18.